The summed E-state index contributed by atoms with van der Waals surface area (Å²) in [6.07, 6.45) is 5.59. The number of rotatable bonds is 4. The maximum Gasteiger partial charge on any atom is 0.223 e. The first-order valence-electron chi connectivity index (χ1n) is 7.32. The van der Waals surface area contributed by atoms with Crippen LogP contribution in [0.2, 0.25) is 0 Å². The molecule has 1 heterocycles. The fraction of sp³-hybridized carbons (Fsp3) is 0.929. The molecule has 0 aromatic heterocycles. The van der Waals surface area contributed by atoms with Gasteiger partial charge in [-0.3, -0.25) is 4.79 Å². The number of nitrogens with one attached hydrogen (secondary N) is 2. The van der Waals surface area contributed by atoms with Gasteiger partial charge in [-0.25, -0.2) is 0 Å². The second-order valence-corrected chi connectivity index (χ2v) is 6.00. The van der Waals surface area contributed by atoms with Gasteiger partial charge < -0.3 is 15.5 Å². The molecule has 0 aromatic rings. The summed E-state index contributed by atoms with van der Waals surface area (Å²) in [7, 11) is 4.17. The molecule has 1 amide bonds. The third kappa shape index (κ3) is 3.69. The molecule has 0 bridgehead atoms. The second-order valence-electron chi connectivity index (χ2n) is 6.00. The average molecular weight is 253 g/mol. The minimum Gasteiger partial charge on any atom is -0.356 e. The van der Waals surface area contributed by atoms with E-state index in [-0.39, 0.29) is 5.92 Å². The van der Waals surface area contributed by atoms with Gasteiger partial charge in [-0.15, -0.1) is 0 Å². The summed E-state index contributed by atoms with van der Waals surface area (Å²) in [5.74, 6) is 1.21. The van der Waals surface area contributed by atoms with E-state index in [9.17, 15) is 4.79 Å². The van der Waals surface area contributed by atoms with Gasteiger partial charge >= 0.3 is 0 Å². The van der Waals surface area contributed by atoms with Crippen LogP contribution < -0.4 is 10.6 Å². The largest absolute Gasteiger partial charge is 0.356 e. The lowest BCUT2D eigenvalue weighted by Gasteiger charge is -2.27. The van der Waals surface area contributed by atoms with Crippen molar-refractivity contribution in [1.29, 1.82) is 0 Å². The Morgan fingerprint density at radius 3 is 2.50 bits per heavy atom. The molecule has 18 heavy (non-hydrogen) atoms. The maximum absolute atomic E-state index is 12.1. The van der Waals surface area contributed by atoms with E-state index in [4.69, 9.17) is 0 Å². The Kier molecular flexibility index (Phi) is 5.01. The van der Waals surface area contributed by atoms with Crippen molar-refractivity contribution < 1.29 is 4.79 Å². The van der Waals surface area contributed by atoms with Gasteiger partial charge in [0.05, 0.1) is 0 Å². The zero-order chi connectivity index (χ0) is 13.0. The van der Waals surface area contributed by atoms with Crippen LogP contribution in [0.3, 0.4) is 0 Å². The molecule has 1 saturated carbocycles. The molecule has 0 radical (unpaired) electrons. The first-order chi connectivity index (χ1) is 8.69. The van der Waals surface area contributed by atoms with Crippen LogP contribution in [-0.4, -0.2) is 50.6 Å². The number of carbonyl (C=O) groups excluding carboxylic acids is 1. The number of nitrogens with zero attached hydrogens (tertiary/aromatic N) is 1. The summed E-state index contributed by atoms with van der Waals surface area (Å²) in [5, 5.41) is 6.47. The minimum atomic E-state index is 0.258. The van der Waals surface area contributed by atoms with Crippen LogP contribution in [0, 0.1) is 11.8 Å². The summed E-state index contributed by atoms with van der Waals surface area (Å²) in [4.78, 5) is 14.4. The van der Waals surface area contributed by atoms with Crippen LogP contribution in [0.4, 0.5) is 0 Å². The van der Waals surface area contributed by atoms with Crippen molar-refractivity contribution in [3.8, 4) is 0 Å². The van der Waals surface area contributed by atoms with E-state index < -0.39 is 0 Å². The van der Waals surface area contributed by atoms with Crippen LogP contribution in [0.15, 0.2) is 0 Å². The van der Waals surface area contributed by atoms with Crippen molar-refractivity contribution in [2.24, 2.45) is 11.8 Å². The highest BCUT2D eigenvalue weighted by Gasteiger charge is 2.26. The molecule has 0 spiro atoms. The van der Waals surface area contributed by atoms with E-state index >= 15 is 0 Å². The Balaban J connectivity index is 1.66. The maximum atomic E-state index is 12.1. The van der Waals surface area contributed by atoms with Crippen LogP contribution in [0.25, 0.3) is 0 Å². The van der Waals surface area contributed by atoms with Crippen molar-refractivity contribution >= 4 is 5.91 Å². The Labute approximate surface area is 110 Å². The SMILES string of the molecule is CNC1CCC(C(=O)NCC2CCN(C)C2)CC1. The third-order valence-corrected chi connectivity index (χ3v) is 4.56. The Bertz CT molecular complexity index is 274. The lowest BCUT2D eigenvalue weighted by Crippen LogP contribution is -2.39. The van der Waals surface area contributed by atoms with Gasteiger partial charge in [0.1, 0.15) is 0 Å². The van der Waals surface area contributed by atoms with Gasteiger partial charge in [0, 0.05) is 25.0 Å². The molecular formula is C14H27N3O. The molecule has 1 unspecified atom stereocenters. The van der Waals surface area contributed by atoms with E-state index in [0.717, 1.165) is 38.8 Å². The summed E-state index contributed by atoms with van der Waals surface area (Å²) in [6.45, 7) is 3.18. The smallest absolute Gasteiger partial charge is 0.223 e. The Morgan fingerprint density at radius 1 is 1.22 bits per heavy atom. The van der Waals surface area contributed by atoms with Crippen LogP contribution in [0.5, 0.6) is 0 Å². The molecule has 0 aromatic carbocycles. The lowest BCUT2D eigenvalue weighted by atomic mass is 9.85. The van der Waals surface area contributed by atoms with E-state index in [1.54, 1.807) is 0 Å². The van der Waals surface area contributed by atoms with Crippen LogP contribution in [0.1, 0.15) is 32.1 Å². The van der Waals surface area contributed by atoms with E-state index in [1.165, 1.54) is 13.0 Å². The molecule has 1 atom stereocenters. The molecule has 1 saturated heterocycles. The van der Waals surface area contributed by atoms with Crippen molar-refractivity contribution in [1.82, 2.24) is 15.5 Å². The predicted octanol–water partition coefficient (Wildman–Crippen LogP) is 0.833. The van der Waals surface area contributed by atoms with Gasteiger partial charge in [-0.05, 0) is 58.7 Å². The van der Waals surface area contributed by atoms with Gasteiger partial charge in [0.25, 0.3) is 0 Å². The molecule has 2 N–H and O–H groups in total. The van der Waals surface area contributed by atoms with Gasteiger partial charge in [-0.2, -0.15) is 0 Å². The summed E-state index contributed by atoms with van der Waals surface area (Å²) in [6, 6.07) is 0.623. The molecule has 4 heteroatoms. The Hall–Kier alpha value is -0.610. The van der Waals surface area contributed by atoms with Crippen molar-refractivity contribution in [3.05, 3.63) is 0 Å². The Morgan fingerprint density at radius 2 is 1.94 bits per heavy atom. The summed E-state index contributed by atoms with van der Waals surface area (Å²) in [5.41, 5.74) is 0. The van der Waals surface area contributed by atoms with E-state index in [2.05, 4.69) is 22.6 Å². The normalized spacial score (nSPS) is 33.6. The minimum absolute atomic E-state index is 0.258. The number of carbonyl (C=O) groups is 1. The fourth-order valence-electron chi connectivity index (χ4n) is 3.23. The van der Waals surface area contributed by atoms with E-state index in [0.29, 0.717) is 17.9 Å². The number of hydrogen-bond acceptors (Lipinski definition) is 3. The van der Waals surface area contributed by atoms with Gasteiger partial charge in [0.15, 0.2) is 0 Å². The first-order valence-corrected chi connectivity index (χ1v) is 7.32. The summed E-state index contributed by atoms with van der Waals surface area (Å²) < 4.78 is 0. The van der Waals surface area contributed by atoms with Crippen molar-refractivity contribution in [2.45, 2.75) is 38.1 Å². The zero-order valence-corrected chi connectivity index (χ0v) is 11.7. The quantitative estimate of drug-likeness (QED) is 0.780. The third-order valence-electron chi connectivity index (χ3n) is 4.56. The molecule has 2 fully saturated rings. The molecule has 2 rings (SSSR count). The molecule has 1 aliphatic heterocycles. The number of likely N-dealkylation sites (tertiary alicyclic amines) is 1. The molecular weight excluding hydrogens is 226 g/mol. The average Bonchev–Trinajstić information content (AvgIpc) is 2.82. The van der Waals surface area contributed by atoms with Gasteiger partial charge in [-0.1, -0.05) is 0 Å². The lowest BCUT2D eigenvalue weighted by molar-refractivity contribution is -0.126. The number of amides is 1. The fourth-order valence-corrected chi connectivity index (χ4v) is 3.23. The number of hydrogen-bond donors (Lipinski definition) is 2. The topological polar surface area (TPSA) is 44.4 Å². The highest BCUT2D eigenvalue weighted by Crippen LogP contribution is 2.24. The van der Waals surface area contributed by atoms with Crippen molar-refractivity contribution in [3.63, 3.8) is 0 Å². The highest BCUT2D eigenvalue weighted by atomic mass is 16.1. The molecule has 4 nitrogen and oxygen atoms in total. The van der Waals surface area contributed by atoms with Crippen molar-refractivity contribution in [2.75, 3.05) is 33.7 Å². The monoisotopic (exact) mass is 253 g/mol. The molecule has 104 valence electrons. The predicted molar refractivity (Wildman–Crippen MR) is 73.4 cm³/mol. The second kappa shape index (κ2) is 6.53. The first kappa shape index (κ1) is 13.8. The molecule has 1 aliphatic carbocycles. The standard InChI is InChI=1S/C14H27N3O/c1-15-13-5-3-12(4-6-13)14(18)16-9-11-7-8-17(2)10-11/h11-13,15H,3-10H2,1-2H3,(H,16,18). The van der Waals surface area contributed by atoms with Crippen LogP contribution >= 0.6 is 0 Å². The highest BCUT2D eigenvalue weighted by molar-refractivity contribution is 5.78. The zero-order valence-electron chi connectivity index (χ0n) is 11.7. The molecule has 2 aliphatic rings. The summed E-state index contributed by atoms with van der Waals surface area (Å²) >= 11 is 0. The van der Waals surface area contributed by atoms with E-state index in [1.807, 2.05) is 7.05 Å². The van der Waals surface area contributed by atoms with Crippen LogP contribution in [-0.2, 0) is 4.79 Å². The van der Waals surface area contributed by atoms with Gasteiger partial charge in [0.2, 0.25) is 5.91 Å².